The van der Waals surface area contributed by atoms with E-state index in [1.54, 1.807) is 0 Å². The van der Waals surface area contributed by atoms with Gasteiger partial charge in [0, 0.05) is 19.5 Å². The Labute approximate surface area is 266 Å². The van der Waals surface area contributed by atoms with Crippen molar-refractivity contribution in [2.45, 2.75) is 0 Å². The molecular formula is C37H30ClOP2Ru+. The standard InChI is InChI=1S/C37H30ClOP2.Ru/c38-41(34-25-13-4-14-26-34,35-27-15-5-16-28-35,36-29-17-6-18-30-36)37(39)40(31-19-7-1-8-20-31,32-21-9-2-10-22-32)33-23-11-3-12-24-33;/h1-30H;/q+1;. The molecule has 0 amide bonds. The van der Waals surface area contributed by atoms with Crippen molar-refractivity contribution in [3.8, 4) is 0 Å². The average molecular weight is 689 g/mol. The van der Waals surface area contributed by atoms with Crippen LogP contribution in [0.25, 0.3) is 0 Å². The zero-order valence-corrected chi connectivity index (χ0v) is 27.1. The van der Waals surface area contributed by atoms with Crippen LogP contribution in [0.3, 0.4) is 0 Å². The number of hydrogen-bond donors (Lipinski definition) is 0. The minimum Gasteiger partial charge on any atom is 0 e. The van der Waals surface area contributed by atoms with E-state index < -0.39 is 13.2 Å². The van der Waals surface area contributed by atoms with Crippen molar-refractivity contribution in [1.29, 1.82) is 0 Å². The van der Waals surface area contributed by atoms with E-state index in [1.807, 2.05) is 146 Å². The molecule has 6 aromatic rings. The van der Waals surface area contributed by atoms with Crippen LogP contribution in [0.5, 0.6) is 0 Å². The summed E-state index contributed by atoms with van der Waals surface area (Å²) in [5, 5.41) is 5.55. The van der Waals surface area contributed by atoms with Crippen LogP contribution in [0.15, 0.2) is 182 Å². The first-order valence-corrected chi connectivity index (χ1v) is 18.6. The van der Waals surface area contributed by atoms with E-state index in [0.717, 1.165) is 31.8 Å². The fraction of sp³-hybridized carbons (Fsp3) is 0. The molecule has 208 valence electrons. The monoisotopic (exact) mass is 689 g/mol. The van der Waals surface area contributed by atoms with Gasteiger partial charge in [-0.05, 0) is 0 Å². The minimum absolute atomic E-state index is 0. The number of halogens is 1. The molecule has 0 aliphatic heterocycles. The predicted molar refractivity (Wildman–Crippen MR) is 182 cm³/mol. The van der Waals surface area contributed by atoms with Gasteiger partial charge in [0.25, 0.3) is 0 Å². The molecule has 42 heavy (non-hydrogen) atoms. The van der Waals surface area contributed by atoms with Gasteiger partial charge in [-0.25, -0.2) is 0 Å². The van der Waals surface area contributed by atoms with Gasteiger partial charge in [0.1, 0.15) is 0 Å². The molecule has 0 fully saturated rings. The summed E-state index contributed by atoms with van der Waals surface area (Å²) in [4.78, 5) is 16.6. The number of carbonyl (C=O) groups excluding carboxylic acids is 1. The molecular weight excluding hydrogens is 659 g/mol. The summed E-state index contributed by atoms with van der Waals surface area (Å²) >= 11 is 8.57. The molecule has 0 aliphatic rings. The average Bonchev–Trinajstić information content (AvgIpc) is 3.07. The molecule has 0 saturated carbocycles. The Balaban J connectivity index is 0.00000353. The quantitative estimate of drug-likeness (QED) is 0.118. The van der Waals surface area contributed by atoms with Crippen LogP contribution < -0.4 is 31.8 Å². The van der Waals surface area contributed by atoms with E-state index in [4.69, 9.17) is 11.2 Å². The smallest absolute Gasteiger partial charge is 0 e. The molecule has 5 heteroatoms. The summed E-state index contributed by atoms with van der Waals surface area (Å²) in [6.07, 6.45) is 0. The number of carbonyl (C=O) groups is 1. The maximum absolute atomic E-state index is 16.6. The summed E-state index contributed by atoms with van der Waals surface area (Å²) in [5.74, 6) is -4.37. The van der Waals surface area contributed by atoms with E-state index >= 15 is 4.79 Å². The van der Waals surface area contributed by atoms with Gasteiger partial charge in [0.05, 0.1) is 0 Å². The second-order valence-electron chi connectivity index (χ2n) is 9.98. The summed E-state index contributed by atoms with van der Waals surface area (Å²) in [6.45, 7) is 0. The van der Waals surface area contributed by atoms with Crippen LogP contribution in [0.2, 0.25) is 0 Å². The first-order chi connectivity index (χ1) is 20.1. The van der Waals surface area contributed by atoms with Crippen LogP contribution >= 0.6 is 24.5 Å². The summed E-state index contributed by atoms with van der Waals surface area (Å²) in [5.41, 5.74) is 0. The third-order valence-electron chi connectivity index (χ3n) is 7.80. The van der Waals surface area contributed by atoms with Gasteiger partial charge in [-0.3, -0.25) is 0 Å². The van der Waals surface area contributed by atoms with Crippen molar-refractivity contribution >= 4 is 61.6 Å². The first-order valence-electron chi connectivity index (χ1n) is 13.6. The Morgan fingerprint density at radius 2 is 0.619 bits per heavy atom. The van der Waals surface area contributed by atoms with Gasteiger partial charge in [-0.2, -0.15) is 0 Å². The van der Waals surface area contributed by atoms with Crippen LogP contribution in [0.4, 0.5) is 4.79 Å². The summed E-state index contributed by atoms with van der Waals surface area (Å²) in [7, 11) is -3.04. The van der Waals surface area contributed by atoms with E-state index in [1.165, 1.54) is 0 Å². The van der Waals surface area contributed by atoms with Crippen LogP contribution in [-0.2, 0) is 19.5 Å². The zero-order valence-electron chi connectivity index (χ0n) is 22.9. The van der Waals surface area contributed by atoms with Crippen LogP contribution in [0.1, 0.15) is 0 Å². The second-order valence-corrected chi connectivity index (χ2v) is 19.6. The van der Waals surface area contributed by atoms with Crippen LogP contribution in [0, 0.1) is 0 Å². The molecule has 0 radical (unpaired) electrons. The number of benzene rings is 6. The molecule has 0 aromatic heterocycles. The van der Waals surface area contributed by atoms with Gasteiger partial charge < -0.3 is 0 Å². The van der Waals surface area contributed by atoms with E-state index in [-0.39, 0.29) is 24.7 Å². The Morgan fingerprint density at radius 1 is 0.405 bits per heavy atom. The number of rotatable bonds is 8. The van der Waals surface area contributed by atoms with Crippen molar-refractivity contribution in [2.75, 3.05) is 0 Å². The third kappa shape index (κ3) is 4.63. The second kappa shape index (κ2) is 12.6. The summed E-state index contributed by atoms with van der Waals surface area (Å²) < 4.78 is 0. The van der Waals surface area contributed by atoms with Gasteiger partial charge >= 0.3 is 248 Å². The topological polar surface area (TPSA) is 17.1 Å². The molecule has 0 saturated heterocycles. The molecule has 0 aliphatic carbocycles. The third-order valence-corrected chi connectivity index (χ3v) is 20.8. The Morgan fingerprint density at radius 3 is 0.857 bits per heavy atom. The van der Waals surface area contributed by atoms with E-state index in [2.05, 4.69) is 36.4 Å². The molecule has 0 unspecified atom stereocenters. The van der Waals surface area contributed by atoms with E-state index in [0.29, 0.717) is 0 Å². The van der Waals surface area contributed by atoms with Gasteiger partial charge in [-0.1, -0.05) is 0 Å². The molecule has 0 atom stereocenters. The molecule has 0 bridgehead atoms. The van der Waals surface area contributed by atoms with Gasteiger partial charge in [0.15, 0.2) is 0 Å². The Hall–Kier alpha value is -3.24. The van der Waals surface area contributed by atoms with Crippen molar-refractivity contribution in [3.05, 3.63) is 182 Å². The van der Waals surface area contributed by atoms with Crippen LogP contribution in [-0.4, -0.2) is 5.27 Å². The molecule has 1 nitrogen and oxygen atoms in total. The largest absolute Gasteiger partial charge is 0 e. The fourth-order valence-corrected chi connectivity index (χ4v) is 19.5. The SMILES string of the molecule is O=C([P+](c1ccccc1)(c1ccccc1)c1ccccc1)P(Cl)(c1ccccc1)(c1ccccc1)c1ccccc1.[Ru]. The molecule has 6 rings (SSSR count). The minimum atomic E-state index is -4.37. The predicted octanol–water partition coefficient (Wildman–Crippen LogP) is 7.78. The molecule has 6 aromatic carbocycles. The van der Waals surface area contributed by atoms with E-state index in [9.17, 15) is 0 Å². The molecule has 0 N–H and O–H groups in total. The zero-order chi connectivity index (χ0) is 28.2. The van der Waals surface area contributed by atoms with Crippen molar-refractivity contribution in [3.63, 3.8) is 0 Å². The van der Waals surface area contributed by atoms with Crippen molar-refractivity contribution < 1.29 is 24.3 Å². The van der Waals surface area contributed by atoms with Gasteiger partial charge in [-0.15, -0.1) is 0 Å². The number of hydrogen-bond acceptors (Lipinski definition) is 1. The Kier molecular flexibility index (Phi) is 9.04. The summed E-state index contributed by atoms with van der Waals surface area (Å²) in [6, 6.07) is 60.9. The normalized spacial score (nSPS) is 12.4. The van der Waals surface area contributed by atoms with Crippen molar-refractivity contribution in [1.82, 2.24) is 0 Å². The molecule has 0 heterocycles. The first kappa shape index (κ1) is 30.2. The maximum Gasteiger partial charge on any atom is 0 e. The Bertz CT molecular complexity index is 1560. The molecule has 0 spiro atoms. The maximum atomic E-state index is 16.6. The fourth-order valence-electron chi connectivity index (χ4n) is 5.92. The van der Waals surface area contributed by atoms with Crippen molar-refractivity contribution in [2.24, 2.45) is 0 Å². The van der Waals surface area contributed by atoms with Gasteiger partial charge in [0.2, 0.25) is 0 Å².